The van der Waals surface area contributed by atoms with Crippen LogP contribution in [0.5, 0.6) is 0 Å². The Morgan fingerprint density at radius 1 is 1.03 bits per heavy atom. The van der Waals surface area contributed by atoms with Gasteiger partial charge in [-0.3, -0.25) is 14.6 Å². The van der Waals surface area contributed by atoms with Crippen LogP contribution >= 0.6 is 0 Å². The lowest BCUT2D eigenvalue weighted by molar-refractivity contribution is -0.119. The molecule has 0 fully saturated rings. The number of para-hydroxylation sites is 1. The van der Waals surface area contributed by atoms with E-state index in [-0.39, 0.29) is 6.42 Å². The molecule has 0 bridgehead atoms. The van der Waals surface area contributed by atoms with E-state index in [1.807, 2.05) is 18.2 Å². The van der Waals surface area contributed by atoms with Crippen LogP contribution in [0.15, 0.2) is 67.0 Å². The second-order valence-electron chi connectivity index (χ2n) is 6.90. The standard InChI is InChI=1S/C22H20N6O2/c23-15-6-4-13(5-7-15)12-18(20(24)29)27-22(30)16-2-1-3-17-19(16)28-21(26-17)14-8-10-25-11-9-14/h1-11,18H,12,23H2,(H2,24,29)(H,26,28)(H,27,30)/t18-/m0/s1. The lowest BCUT2D eigenvalue weighted by Crippen LogP contribution is -2.45. The summed E-state index contributed by atoms with van der Waals surface area (Å²) in [6, 6.07) is 15.1. The van der Waals surface area contributed by atoms with Crippen molar-refractivity contribution in [1.29, 1.82) is 0 Å². The molecule has 150 valence electrons. The smallest absolute Gasteiger partial charge is 0.254 e. The van der Waals surface area contributed by atoms with Crippen LogP contribution in [0.2, 0.25) is 0 Å². The Morgan fingerprint density at radius 2 is 1.77 bits per heavy atom. The first-order valence-electron chi connectivity index (χ1n) is 9.35. The number of carbonyl (C=O) groups is 2. The van der Waals surface area contributed by atoms with Gasteiger partial charge in [-0.05, 0) is 42.0 Å². The Labute approximate surface area is 172 Å². The first-order chi connectivity index (χ1) is 14.5. The van der Waals surface area contributed by atoms with Gasteiger partial charge in [-0.1, -0.05) is 18.2 Å². The predicted octanol–water partition coefficient (Wildman–Crippen LogP) is 2.03. The maximum absolute atomic E-state index is 13.0. The number of pyridine rings is 1. The molecule has 2 heterocycles. The largest absolute Gasteiger partial charge is 0.399 e. The van der Waals surface area contributed by atoms with Gasteiger partial charge in [0.2, 0.25) is 5.91 Å². The fourth-order valence-electron chi connectivity index (χ4n) is 3.21. The molecule has 0 aliphatic heterocycles. The molecule has 30 heavy (non-hydrogen) atoms. The van der Waals surface area contributed by atoms with Gasteiger partial charge in [-0.2, -0.15) is 0 Å². The molecule has 4 rings (SSSR count). The third-order valence-corrected chi connectivity index (χ3v) is 4.78. The molecule has 0 spiro atoms. The Balaban J connectivity index is 1.60. The Bertz CT molecular complexity index is 1200. The van der Waals surface area contributed by atoms with Crippen LogP contribution in [-0.4, -0.2) is 32.8 Å². The van der Waals surface area contributed by atoms with E-state index in [9.17, 15) is 9.59 Å². The number of hydrogen-bond donors (Lipinski definition) is 4. The van der Waals surface area contributed by atoms with E-state index < -0.39 is 17.9 Å². The zero-order chi connectivity index (χ0) is 21.1. The van der Waals surface area contributed by atoms with Crippen LogP contribution in [0.1, 0.15) is 15.9 Å². The molecule has 8 heteroatoms. The number of aromatic amines is 1. The first-order valence-corrected chi connectivity index (χ1v) is 9.35. The molecule has 0 saturated heterocycles. The van der Waals surface area contributed by atoms with Crippen LogP contribution in [0.3, 0.4) is 0 Å². The Kier molecular flexibility index (Phi) is 5.13. The molecular formula is C22H20N6O2. The summed E-state index contributed by atoms with van der Waals surface area (Å²) in [5.41, 5.74) is 15.1. The second kappa shape index (κ2) is 8.04. The number of nitrogens with zero attached hydrogens (tertiary/aromatic N) is 2. The molecule has 8 nitrogen and oxygen atoms in total. The highest BCUT2D eigenvalue weighted by molar-refractivity contribution is 6.06. The zero-order valence-corrected chi connectivity index (χ0v) is 16.0. The molecular weight excluding hydrogens is 380 g/mol. The average molecular weight is 400 g/mol. The van der Waals surface area contributed by atoms with Crippen molar-refractivity contribution in [3.05, 3.63) is 78.1 Å². The summed E-state index contributed by atoms with van der Waals surface area (Å²) in [5, 5.41) is 2.73. The normalized spacial score (nSPS) is 11.9. The number of nitrogens with one attached hydrogen (secondary N) is 2. The fourth-order valence-corrected chi connectivity index (χ4v) is 3.21. The number of primary amides is 1. The highest BCUT2D eigenvalue weighted by Gasteiger charge is 2.22. The third-order valence-electron chi connectivity index (χ3n) is 4.78. The summed E-state index contributed by atoms with van der Waals surface area (Å²) < 4.78 is 0. The molecule has 0 radical (unpaired) electrons. The van der Waals surface area contributed by atoms with Crippen molar-refractivity contribution in [2.24, 2.45) is 5.73 Å². The molecule has 2 aromatic carbocycles. The Morgan fingerprint density at radius 3 is 2.47 bits per heavy atom. The number of fused-ring (bicyclic) bond motifs is 1. The van der Waals surface area contributed by atoms with Crippen molar-refractivity contribution in [1.82, 2.24) is 20.3 Å². The number of rotatable bonds is 6. The summed E-state index contributed by atoms with van der Waals surface area (Å²) >= 11 is 0. The quantitative estimate of drug-likeness (QED) is 0.367. The van der Waals surface area contributed by atoms with E-state index in [1.165, 1.54) is 0 Å². The molecule has 6 N–H and O–H groups in total. The molecule has 0 aliphatic rings. The summed E-state index contributed by atoms with van der Waals surface area (Å²) in [6.07, 6.45) is 3.61. The van der Waals surface area contributed by atoms with Gasteiger partial charge in [-0.25, -0.2) is 4.98 Å². The number of hydrogen-bond acceptors (Lipinski definition) is 5. The number of nitrogen functional groups attached to an aromatic ring is 1. The van der Waals surface area contributed by atoms with E-state index in [0.717, 1.165) is 11.1 Å². The highest BCUT2D eigenvalue weighted by Crippen LogP contribution is 2.22. The number of H-pyrrole nitrogens is 1. The van der Waals surface area contributed by atoms with E-state index in [4.69, 9.17) is 11.5 Å². The van der Waals surface area contributed by atoms with E-state index in [0.29, 0.717) is 28.1 Å². The SMILES string of the molecule is NC(=O)[C@H](Cc1ccc(N)cc1)NC(=O)c1cccc2[nH]c(-c3ccncc3)nc12. The van der Waals surface area contributed by atoms with Crippen molar-refractivity contribution in [2.45, 2.75) is 12.5 Å². The lowest BCUT2D eigenvalue weighted by atomic mass is 10.0. The Hall–Kier alpha value is -4.20. The van der Waals surface area contributed by atoms with E-state index >= 15 is 0 Å². The van der Waals surface area contributed by atoms with Crippen LogP contribution in [-0.2, 0) is 11.2 Å². The van der Waals surface area contributed by atoms with Gasteiger partial charge in [-0.15, -0.1) is 0 Å². The van der Waals surface area contributed by atoms with Gasteiger partial charge in [0.05, 0.1) is 11.1 Å². The monoisotopic (exact) mass is 400 g/mol. The molecule has 4 aromatic rings. The maximum atomic E-state index is 13.0. The first kappa shape index (κ1) is 19.1. The lowest BCUT2D eigenvalue weighted by Gasteiger charge is -2.16. The molecule has 2 amide bonds. The summed E-state index contributed by atoms with van der Waals surface area (Å²) in [7, 11) is 0. The van der Waals surface area contributed by atoms with Crippen molar-refractivity contribution < 1.29 is 9.59 Å². The molecule has 0 saturated carbocycles. The maximum Gasteiger partial charge on any atom is 0.254 e. The van der Waals surface area contributed by atoms with Gasteiger partial charge in [0.15, 0.2) is 0 Å². The summed E-state index contributed by atoms with van der Waals surface area (Å²) in [4.78, 5) is 36.7. The van der Waals surface area contributed by atoms with Gasteiger partial charge in [0.1, 0.15) is 17.4 Å². The number of carbonyl (C=O) groups excluding carboxylic acids is 2. The second-order valence-corrected chi connectivity index (χ2v) is 6.90. The summed E-state index contributed by atoms with van der Waals surface area (Å²) in [5.74, 6) is -0.416. The number of aromatic nitrogens is 3. The van der Waals surface area contributed by atoms with Gasteiger partial charge >= 0.3 is 0 Å². The topological polar surface area (TPSA) is 140 Å². The van der Waals surface area contributed by atoms with Crippen LogP contribution in [0.25, 0.3) is 22.4 Å². The number of nitrogens with two attached hydrogens (primary N) is 2. The minimum atomic E-state index is -0.866. The predicted molar refractivity (Wildman–Crippen MR) is 114 cm³/mol. The number of benzene rings is 2. The van der Waals surface area contributed by atoms with Gasteiger partial charge in [0.25, 0.3) is 5.91 Å². The minimum absolute atomic E-state index is 0.264. The van der Waals surface area contributed by atoms with E-state index in [1.54, 1.807) is 48.8 Å². The van der Waals surface area contributed by atoms with Gasteiger partial charge in [0, 0.05) is 30.1 Å². The van der Waals surface area contributed by atoms with Gasteiger partial charge < -0.3 is 21.8 Å². The highest BCUT2D eigenvalue weighted by atomic mass is 16.2. The number of amides is 2. The number of anilines is 1. The van der Waals surface area contributed by atoms with Crippen molar-refractivity contribution >= 4 is 28.5 Å². The van der Waals surface area contributed by atoms with E-state index in [2.05, 4.69) is 20.3 Å². The fraction of sp³-hybridized carbons (Fsp3) is 0.0909. The van der Waals surface area contributed by atoms with Crippen molar-refractivity contribution in [2.75, 3.05) is 5.73 Å². The molecule has 0 aliphatic carbocycles. The molecule has 1 atom stereocenters. The third kappa shape index (κ3) is 3.97. The average Bonchev–Trinajstić information content (AvgIpc) is 3.19. The molecule has 2 aromatic heterocycles. The van der Waals surface area contributed by atoms with Crippen LogP contribution in [0, 0.1) is 0 Å². The summed E-state index contributed by atoms with van der Waals surface area (Å²) in [6.45, 7) is 0. The number of imidazole rings is 1. The minimum Gasteiger partial charge on any atom is -0.399 e. The van der Waals surface area contributed by atoms with Crippen molar-refractivity contribution in [3.8, 4) is 11.4 Å². The van der Waals surface area contributed by atoms with Crippen LogP contribution in [0.4, 0.5) is 5.69 Å². The zero-order valence-electron chi connectivity index (χ0n) is 16.0. The molecule has 0 unspecified atom stereocenters. The van der Waals surface area contributed by atoms with Crippen molar-refractivity contribution in [3.63, 3.8) is 0 Å². The van der Waals surface area contributed by atoms with Crippen LogP contribution < -0.4 is 16.8 Å².